The fraction of sp³-hybridized carbons (Fsp3) is 0.273. The number of hydrogen-bond donors (Lipinski definition) is 1. The van der Waals surface area contributed by atoms with Gasteiger partial charge in [0.05, 0.1) is 17.8 Å². The van der Waals surface area contributed by atoms with Gasteiger partial charge in [-0.1, -0.05) is 41.9 Å². The molecule has 0 bridgehead atoms. The molecule has 0 spiro atoms. The lowest BCUT2D eigenvalue weighted by molar-refractivity contribution is 0.0697. The van der Waals surface area contributed by atoms with Gasteiger partial charge < -0.3 is 9.52 Å². The van der Waals surface area contributed by atoms with E-state index in [1.54, 1.807) is 18.3 Å². The molecule has 1 saturated heterocycles. The van der Waals surface area contributed by atoms with Crippen molar-refractivity contribution in [2.45, 2.75) is 31.8 Å². The molecule has 3 aromatic rings. The third kappa shape index (κ3) is 4.11. The van der Waals surface area contributed by atoms with Crippen LogP contribution in [0.5, 0.6) is 0 Å². The van der Waals surface area contributed by atoms with Crippen LogP contribution in [0.4, 0.5) is 0 Å². The summed E-state index contributed by atoms with van der Waals surface area (Å²) >= 11 is 6.25. The Balaban J connectivity index is 1.45. The number of nitrogens with zero attached hydrogens (tertiary/aromatic N) is 2. The van der Waals surface area contributed by atoms with E-state index in [0.717, 1.165) is 53.7 Å². The second-order valence-electron chi connectivity index (χ2n) is 7.06. The van der Waals surface area contributed by atoms with Crippen molar-refractivity contribution >= 4 is 17.6 Å². The smallest absolute Gasteiger partial charge is 0.335 e. The average Bonchev–Trinajstić information content (AvgIpc) is 3.33. The number of oxazole rings is 1. The van der Waals surface area contributed by atoms with E-state index >= 15 is 0 Å². The lowest BCUT2D eigenvalue weighted by Gasteiger charge is -2.22. The van der Waals surface area contributed by atoms with Crippen LogP contribution in [0.25, 0.3) is 0 Å². The predicted octanol–water partition coefficient (Wildman–Crippen LogP) is 4.95. The van der Waals surface area contributed by atoms with Gasteiger partial charge in [-0.3, -0.25) is 4.90 Å². The lowest BCUT2D eigenvalue weighted by Crippen LogP contribution is -2.23. The molecule has 2 heterocycles. The van der Waals surface area contributed by atoms with Crippen molar-refractivity contribution < 1.29 is 14.3 Å². The fourth-order valence-electron chi connectivity index (χ4n) is 3.67. The maximum absolute atomic E-state index is 11.0. The zero-order valence-corrected chi connectivity index (χ0v) is 16.1. The number of carbonyl (C=O) groups is 1. The Morgan fingerprint density at radius 1 is 1.21 bits per heavy atom. The first kappa shape index (κ1) is 18.7. The van der Waals surface area contributed by atoms with Gasteiger partial charge in [0.2, 0.25) is 5.89 Å². The molecule has 1 aromatic heterocycles. The van der Waals surface area contributed by atoms with Crippen molar-refractivity contribution in [3.8, 4) is 0 Å². The molecule has 5 nitrogen and oxygen atoms in total. The van der Waals surface area contributed by atoms with E-state index in [-0.39, 0.29) is 6.04 Å². The third-order valence-corrected chi connectivity index (χ3v) is 5.50. The minimum absolute atomic E-state index is 0.138. The number of aromatic carboxylic acids is 1. The number of carboxylic acids is 1. The van der Waals surface area contributed by atoms with Crippen molar-refractivity contribution in [3.63, 3.8) is 0 Å². The normalized spacial score (nSPS) is 17.1. The van der Waals surface area contributed by atoms with Crippen molar-refractivity contribution in [2.75, 3.05) is 6.54 Å². The summed E-state index contributed by atoms with van der Waals surface area (Å²) in [5.41, 5.74) is 2.41. The molecule has 1 fully saturated rings. The van der Waals surface area contributed by atoms with Crippen LogP contribution in [0.2, 0.25) is 5.02 Å². The van der Waals surface area contributed by atoms with Gasteiger partial charge in [-0.15, -0.1) is 0 Å². The van der Waals surface area contributed by atoms with E-state index < -0.39 is 5.97 Å². The Labute approximate surface area is 168 Å². The fourth-order valence-corrected chi connectivity index (χ4v) is 3.87. The van der Waals surface area contributed by atoms with E-state index in [1.807, 2.05) is 36.4 Å². The number of halogens is 1. The summed E-state index contributed by atoms with van der Waals surface area (Å²) in [6.45, 7) is 1.71. The van der Waals surface area contributed by atoms with Crippen LogP contribution in [0.1, 0.15) is 52.0 Å². The van der Waals surface area contributed by atoms with Crippen molar-refractivity contribution in [3.05, 3.63) is 88.1 Å². The summed E-state index contributed by atoms with van der Waals surface area (Å²) < 4.78 is 6.06. The second-order valence-corrected chi connectivity index (χ2v) is 7.47. The molecule has 28 heavy (non-hydrogen) atoms. The Morgan fingerprint density at radius 3 is 2.75 bits per heavy atom. The highest BCUT2D eigenvalue weighted by molar-refractivity contribution is 6.31. The topological polar surface area (TPSA) is 66.6 Å². The van der Waals surface area contributed by atoms with Gasteiger partial charge in [0.15, 0.2) is 0 Å². The number of hydrogen-bond acceptors (Lipinski definition) is 4. The van der Waals surface area contributed by atoms with Crippen LogP contribution in [0, 0.1) is 0 Å². The van der Waals surface area contributed by atoms with Crippen LogP contribution in [0.15, 0.2) is 59.1 Å². The van der Waals surface area contributed by atoms with Crippen LogP contribution < -0.4 is 0 Å². The predicted molar refractivity (Wildman–Crippen MR) is 107 cm³/mol. The summed E-state index contributed by atoms with van der Waals surface area (Å²) in [4.78, 5) is 17.9. The summed E-state index contributed by atoms with van der Waals surface area (Å²) in [5.74, 6) is 0.638. The molecule has 0 radical (unpaired) electrons. The van der Waals surface area contributed by atoms with Crippen LogP contribution in [-0.4, -0.2) is 27.5 Å². The summed E-state index contributed by atoms with van der Waals surface area (Å²) in [6, 6.07) is 14.9. The molecular formula is C22H21ClN2O3. The zero-order chi connectivity index (χ0) is 19.5. The first-order chi connectivity index (χ1) is 13.6. The molecule has 2 aromatic carbocycles. The summed E-state index contributed by atoms with van der Waals surface area (Å²) in [5, 5.41) is 9.77. The Hall–Kier alpha value is -2.63. The molecule has 1 aliphatic heterocycles. The van der Waals surface area contributed by atoms with Crippen LogP contribution in [-0.2, 0) is 13.0 Å². The average molecular weight is 397 g/mol. The molecule has 0 aliphatic carbocycles. The molecule has 1 aliphatic rings. The number of benzene rings is 2. The molecule has 1 unspecified atom stereocenters. The van der Waals surface area contributed by atoms with Gasteiger partial charge in [0, 0.05) is 18.0 Å². The van der Waals surface area contributed by atoms with E-state index in [1.165, 1.54) is 0 Å². The van der Waals surface area contributed by atoms with Gasteiger partial charge in [0.25, 0.3) is 0 Å². The first-order valence-electron chi connectivity index (χ1n) is 9.34. The van der Waals surface area contributed by atoms with E-state index in [0.29, 0.717) is 12.0 Å². The Kier molecular flexibility index (Phi) is 5.46. The third-order valence-electron chi connectivity index (χ3n) is 5.13. The molecule has 0 amide bonds. The van der Waals surface area contributed by atoms with Gasteiger partial charge in [-0.2, -0.15) is 0 Å². The van der Waals surface area contributed by atoms with E-state index in [2.05, 4.69) is 9.88 Å². The molecule has 0 saturated carbocycles. The largest absolute Gasteiger partial charge is 0.478 e. The highest BCUT2D eigenvalue weighted by Gasteiger charge is 2.29. The maximum Gasteiger partial charge on any atom is 0.335 e. The van der Waals surface area contributed by atoms with E-state index in [4.69, 9.17) is 21.1 Å². The number of rotatable bonds is 6. The van der Waals surface area contributed by atoms with E-state index in [9.17, 15) is 4.79 Å². The molecule has 1 N–H and O–H groups in total. The molecule has 1 atom stereocenters. The van der Waals surface area contributed by atoms with Gasteiger partial charge in [-0.25, -0.2) is 9.78 Å². The van der Waals surface area contributed by atoms with Gasteiger partial charge >= 0.3 is 5.97 Å². The van der Waals surface area contributed by atoms with Crippen molar-refractivity contribution in [1.29, 1.82) is 0 Å². The Morgan fingerprint density at radius 2 is 2.00 bits per heavy atom. The number of carboxylic acid groups (broad SMARTS) is 1. The summed E-state index contributed by atoms with van der Waals surface area (Å²) in [6.07, 6.45) is 4.49. The maximum atomic E-state index is 11.0. The quantitative estimate of drug-likeness (QED) is 0.638. The second kappa shape index (κ2) is 8.17. The number of aromatic nitrogens is 1. The standard InChI is InChI=1S/C22H21ClN2O3/c23-19-5-2-1-4-17(19)12-18-13-24-21(28-18)20-6-3-11-25(20)14-15-7-9-16(10-8-15)22(26)27/h1-2,4-5,7-10,13,20H,3,6,11-12,14H2,(H,26,27). The van der Waals surface area contributed by atoms with Crippen molar-refractivity contribution in [1.82, 2.24) is 9.88 Å². The summed E-state index contributed by atoms with van der Waals surface area (Å²) in [7, 11) is 0. The monoisotopic (exact) mass is 396 g/mol. The number of likely N-dealkylation sites (tertiary alicyclic amines) is 1. The Bertz CT molecular complexity index is 968. The van der Waals surface area contributed by atoms with Gasteiger partial charge in [-0.05, 0) is 48.7 Å². The highest BCUT2D eigenvalue weighted by Crippen LogP contribution is 2.33. The molecule has 144 valence electrons. The minimum Gasteiger partial charge on any atom is -0.478 e. The molecule has 6 heteroatoms. The molecular weight excluding hydrogens is 376 g/mol. The highest BCUT2D eigenvalue weighted by atomic mass is 35.5. The lowest BCUT2D eigenvalue weighted by atomic mass is 10.1. The van der Waals surface area contributed by atoms with Crippen LogP contribution in [0.3, 0.4) is 0 Å². The SMILES string of the molecule is O=C(O)c1ccc(CN2CCCC2c2ncc(Cc3ccccc3Cl)o2)cc1. The zero-order valence-electron chi connectivity index (χ0n) is 15.3. The van der Waals surface area contributed by atoms with Crippen LogP contribution >= 0.6 is 11.6 Å². The van der Waals surface area contributed by atoms with Crippen molar-refractivity contribution in [2.24, 2.45) is 0 Å². The minimum atomic E-state index is -0.906. The first-order valence-corrected chi connectivity index (χ1v) is 9.72. The van der Waals surface area contributed by atoms with Gasteiger partial charge in [0.1, 0.15) is 5.76 Å². The molecule has 4 rings (SSSR count).